The number of Topliss-reactive ketones (excluding diaryl/α,β-unsaturated/α-hetero) is 1. The van der Waals surface area contributed by atoms with Gasteiger partial charge in [0.15, 0.2) is 5.78 Å². The van der Waals surface area contributed by atoms with Crippen LogP contribution in [0.15, 0.2) is 42.7 Å². The zero-order valence-corrected chi connectivity index (χ0v) is 9.93. The Kier molecular flexibility index (Phi) is 2.81. The Morgan fingerprint density at radius 2 is 1.94 bits per heavy atom. The van der Waals surface area contributed by atoms with Crippen LogP contribution in [-0.4, -0.2) is 10.8 Å². The Balaban J connectivity index is 1.80. The average molecular weight is 239 g/mol. The number of carbonyl (C=O) groups is 1. The minimum absolute atomic E-state index is 0.222. The summed E-state index contributed by atoms with van der Waals surface area (Å²) in [5, 5.41) is 0. The van der Waals surface area contributed by atoms with E-state index in [0.717, 1.165) is 28.9 Å². The first-order chi connectivity index (χ1) is 8.84. The monoisotopic (exact) mass is 239 g/mol. The molecule has 2 aromatic rings. The number of fused-ring (bicyclic) bond motifs is 1. The van der Waals surface area contributed by atoms with Crippen LogP contribution in [0.3, 0.4) is 0 Å². The lowest BCUT2D eigenvalue weighted by Gasteiger charge is -2.10. The van der Waals surface area contributed by atoms with Crippen molar-refractivity contribution in [2.24, 2.45) is 0 Å². The highest BCUT2D eigenvalue weighted by molar-refractivity contribution is 6.01. The summed E-state index contributed by atoms with van der Waals surface area (Å²) >= 11 is 0. The first-order valence-corrected chi connectivity index (χ1v) is 6.01. The molecule has 1 aromatic carbocycles. The molecular weight excluding hydrogens is 226 g/mol. The molecule has 0 fully saturated rings. The molecule has 90 valence electrons. The van der Waals surface area contributed by atoms with Crippen molar-refractivity contribution in [1.29, 1.82) is 0 Å². The molecule has 1 aliphatic rings. The van der Waals surface area contributed by atoms with Crippen molar-refractivity contribution in [1.82, 2.24) is 4.98 Å². The van der Waals surface area contributed by atoms with Crippen LogP contribution >= 0.6 is 0 Å². The molecule has 0 unspecified atom stereocenters. The van der Waals surface area contributed by atoms with Crippen molar-refractivity contribution < 1.29 is 9.53 Å². The number of hydrogen-bond donors (Lipinski definition) is 0. The van der Waals surface area contributed by atoms with E-state index in [4.69, 9.17) is 4.74 Å². The van der Waals surface area contributed by atoms with Crippen molar-refractivity contribution in [2.45, 2.75) is 19.4 Å². The number of benzene rings is 1. The molecule has 3 nitrogen and oxygen atoms in total. The van der Waals surface area contributed by atoms with Crippen LogP contribution < -0.4 is 4.74 Å². The van der Waals surface area contributed by atoms with Crippen LogP contribution in [-0.2, 0) is 13.0 Å². The van der Waals surface area contributed by atoms with Gasteiger partial charge in [-0.25, -0.2) is 0 Å². The Hall–Kier alpha value is -2.16. The van der Waals surface area contributed by atoms with E-state index >= 15 is 0 Å². The van der Waals surface area contributed by atoms with E-state index in [1.54, 1.807) is 12.4 Å². The van der Waals surface area contributed by atoms with Crippen molar-refractivity contribution in [3.63, 3.8) is 0 Å². The van der Waals surface area contributed by atoms with Gasteiger partial charge in [0, 0.05) is 29.9 Å². The van der Waals surface area contributed by atoms with Crippen LogP contribution in [0.2, 0.25) is 0 Å². The molecule has 3 rings (SSSR count). The third-order valence-electron chi connectivity index (χ3n) is 3.18. The highest BCUT2D eigenvalue weighted by Gasteiger charge is 2.22. The lowest BCUT2D eigenvalue weighted by atomic mass is 10.1. The number of aromatic nitrogens is 1. The van der Waals surface area contributed by atoms with E-state index in [1.807, 2.05) is 30.3 Å². The molecule has 0 bridgehead atoms. The van der Waals surface area contributed by atoms with Gasteiger partial charge in [0.2, 0.25) is 0 Å². The summed E-state index contributed by atoms with van der Waals surface area (Å²) in [5.74, 6) is 1.05. The summed E-state index contributed by atoms with van der Waals surface area (Å²) in [7, 11) is 0. The Labute approximate surface area is 105 Å². The molecule has 18 heavy (non-hydrogen) atoms. The topological polar surface area (TPSA) is 39.2 Å². The quantitative estimate of drug-likeness (QED) is 0.826. The molecule has 0 saturated carbocycles. The minimum Gasteiger partial charge on any atom is -0.489 e. The van der Waals surface area contributed by atoms with E-state index < -0.39 is 0 Å². The maximum Gasteiger partial charge on any atom is 0.163 e. The van der Waals surface area contributed by atoms with Gasteiger partial charge in [-0.1, -0.05) is 12.1 Å². The molecule has 0 saturated heterocycles. The normalized spacial score (nSPS) is 13.4. The molecule has 0 atom stereocenters. The van der Waals surface area contributed by atoms with E-state index in [2.05, 4.69) is 4.98 Å². The van der Waals surface area contributed by atoms with E-state index in [-0.39, 0.29) is 5.78 Å². The summed E-state index contributed by atoms with van der Waals surface area (Å²) in [5.41, 5.74) is 2.95. The van der Waals surface area contributed by atoms with Crippen LogP contribution in [0.4, 0.5) is 0 Å². The summed E-state index contributed by atoms with van der Waals surface area (Å²) in [6, 6.07) is 9.54. The molecule has 1 heterocycles. The fourth-order valence-corrected chi connectivity index (χ4v) is 2.23. The second kappa shape index (κ2) is 4.61. The molecule has 0 radical (unpaired) electrons. The molecular formula is C15H13NO2. The van der Waals surface area contributed by atoms with Crippen molar-refractivity contribution >= 4 is 5.78 Å². The van der Waals surface area contributed by atoms with E-state index in [0.29, 0.717) is 13.0 Å². The van der Waals surface area contributed by atoms with Crippen molar-refractivity contribution in [3.05, 3.63) is 59.4 Å². The largest absolute Gasteiger partial charge is 0.489 e. The second-order valence-corrected chi connectivity index (χ2v) is 4.35. The summed E-state index contributed by atoms with van der Waals surface area (Å²) in [6.45, 7) is 0.507. The number of carbonyl (C=O) groups excluding carboxylic acids is 1. The fourth-order valence-electron chi connectivity index (χ4n) is 2.23. The number of pyridine rings is 1. The van der Waals surface area contributed by atoms with Gasteiger partial charge in [-0.2, -0.15) is 0 Å². The van der Waals surface area contributed by atoms with Crippen molar-refractivity contribution in [2.75, 3.05) is 0 Å². The van der Waals surface area contributed by atoms with Crippen molar-refractivity contribution in [3.8, 4) is 5.75 Å². The van der Waals surface area contributed by atoms with Crippen LogP contribution in [0, 0.1) is 0 Å². The summed E-state index contributed by atoms with van der Waals surface area (Å²) < 4.78 is 5.80. The molecule has 0 aliphatic heterocycles. The Bertz CT molecular complexity index is 578. The number of rotatable bonds is 3. The number of hydrogen-bond acceptors (Lipinski definition) is 3. The molecule has 3 heteroatoms. The lowest BCUT2D eigenvalue weighted by Crippen LogP contribution is -1.99. The predicted molar refractivity (Wildman–Crippen MR) is 67.7 cm³/mol. The summed E-state index contributed by atoms with van der Waals surface area (Å²) in [6.07, 6.45) is 4.89. The van der Waals surface area contributed by atoms with Gasteiger partial charge < -0.3 is 4.74 Å². The molecule has 0 spiro atoms. The molecule has 0 N–H and O–H groups in total. The third kappa shape index (κ3) is 1.99. The number of ketones is 1. The SMILES string of the molecule is O=C1CCc2c(OCc3ccncc3)cccc21. The third-order valence-corrected chi connectivity index (χ3v) is 3.18. The maximum absolute atomic E-state index is 11.6. The highest BCUT2D eigenvalue weighted by Crippen LogP contribution is 2.30. The lowest BCUT2D eigenvalue weighted by molar-refractivity contribution is 0.0994. The number of ether oxygens (including phenoxy) is 1. The standard InChI is InChI=1S/C15H13NO2/c17-14-5-4-13-12(14)2-1-3-15(13)18-10-11-6-8-16-9-7-11/h1-3,6-9H,4-5,10H2. The average Bonchev–Trinajstić information content (AvgIpc) is 2.80. The highest BCUT2D eigenvalue weighted by atomic mass is 16.5. The Morgan fingerprint density at radius 3 is 2.78 bits per heavy atom. The van der Waals surface area contributed by atoms with Gasteiger partial charge in [0.1, 0.15) is 12.4 Å². The van der Waals surface area contributed by atoms with Gasteiger partial charge in [-0.15, -0.1) is 0 Å². The fraction of sp³-hybridized carbons (Fsp3) is 0.200. The zero-order valence-electron chi connectivity index (χ0n) is 9.93. The van der Waals surface area contributed by atoms with Crippen LogP contribution in [0.5, 0.6) is 5.75 Å². The smallest absolute Gasteiger partial charge is 0.163 e. The predicted octanol–water partition coefficient (Wildman–Crippen LogP) is 2.79. The van der Waals surface area contributed by atoms with Gasteiger partial charge in [-0.3, -0.25) is 9.78 Å². The minimum atomic E-state index is 0.222. The summed E-state index contributed by atoms with van der Waals surface area (Å²) in [4.78, 5) is 15.6. The molecule has 0 amide bonds. The van der Waals surface area contributed by atoms with Crippen LogP contribution in [0.1, 0.15) is 27.9 Å². The van der Waals surface area contributed by atoms with Gasteiger partial charge in [0.25, 0.3) is 0 Å². The first kappa shape index (κ1) is 11.0. The molecule has 1 aromatic heterocycles. The van der Waals surface area contributed by atoms with Gasteiger partial charge in [-0.05, 0) is 30.2 Å². The van der Waals surface area contributed by atoms with Gasteiger partial charge >= 0.3 is 0 Å². The van der Waals surface area contributed by atoms with E-state index in [1.165, 1.54) is 0 Å². The first-order valence-electron chi connectivity index (χ1n) is 6.01. The van der Waals surface area contributed by atoms with Gasteiger partial charge in [0.05, 0.1) is 0 Å². The Morgan fingerprint density at radius 1 is 1.11 bits per heavy atom. The zero-order chi connectivity index (χ0) is 12.4. The second-order valence-electron chi connectivity index (χ2n) is 4.35. The maximum atomic E-state index is 11.6. The number of nitrogens with zero attached hydrogens (tertiary/aromatic N) is 1. The molecule has 1 aliphatic carbocycles. The van der Waals surface area contributed by atoms with E-state index in [9.17, 15) is 4.79 Å². The van der Waals surface area contributed by atoms with Crippen LogP contribution in [0.25, 0.3) is 0 Å².